The molecule has 1 heterocycles. The molecule has 0 unspecified atom stereocenters. The smallest absolute Gasteiger partial charge is 0.343 e. The highest BCUT2D eigenvalue weighted by atomic mass is 32.1. The second-order valence-electron chi connectivity index (χ2n) is 5.38. The Hall–Kier alpha value is -1.56. The van der Waals surface area contributed by atoms with Crippen LogP contribution in [0.3, 0.4) is 0 Å². The van der Waals surface area contributed by atoms with E-state index in [4.69, 9.17) is 10.5 Å². The van der Waals surface area contributed by atoms with E-state index >= 15 is 0 Å². The van der Waals surface area contributed by atoms with Crippen LogP contribution in [-0.4, -0.2) is 25.4 Å². The molecule has 20 heavy (non-hydrogen) atoms. The molecule has 6 heteroatoms. The topological polar surface area (TPSA) is 81.4 Å². The predicted octanol–water partition coefficient (Wildman–Crippen LogP) is 2.78. The fourth-order valence-electron chi connectivity index (χ4n) is 1.88. The van der Waals surface area contributed by atoms with Crippen LogP contribution in [0.4, 0.5) is 10.7 Å². The van der Waals surface area contributed by atoms with Gasteiger partial charge in [0.15, 0.2) is 5.78 Å². The molecule has 0 spiro atoms. The lowest BCUT2D eigenvalue weighted by Crippen LogP contribution is -2.11. The molecule has 1 aromatic rings. The van der Waals surface area contributed by atoms with Crippen LogP contribution in [0.5, 0.6) is 0 Å². The van der Waals surface area contributed by atoms with Crippen molar-refractivity contribution in [2.75, 3.05) is 24.7 Å². The Morgan fingerprint density at radius 2 is 2.10 bits per heavy atom. The number of anilines is 2. The van der Waals surface area contributed by atoms with Crippen molar-refractivity contribution < 1.29 is 14.3 Å². The summed E-state index contributed by atoms with van der Waals surface area (Å²) in [6, 6.07) is 0. The number of carbonyl (C=O) groups is 2. The second kappa shape index (κ2) is 5.83. The molecule has 1 aliphatic carbocycles. The lowest BCUT2D eigenvalue weighted by molar-refractivity contribution is 0.0603. The number of hydrogen-bond donors (Lipinski definition) is 2. The molecule has 3 N–H and O–H groups in total. The first-order valence-corrected chi connectivity index (χ1v) is 7.56. The van der Waals surface area contributed by atoms with Gasteiger partial charge in [0.25, 0.3) is 0 Å². The van der Waals surface area contributed by atoms with Gasteiger partial charge in [-0.2, -0.15) is 0 Å². The molecule has 1 saturated carbocycles. The van der Waals surface area contributed by atoms with E-state index in [-0.39, 0.29) is 17.4 Å². The molecular weight excluding hydrogens is 276 g/mol. The molecule has 0 radical (unpaired) electrons. The molecule has 0 aromatic carbocycles. The Labute approximate surface area is 122 Å². The Morgan fingerprint density at radius 1 is 1.45 bits per heavy atom. The van der Waals surface area contributed by atoms with Crippen LogP contribution in [0.2, 0.25) is 0 Å². The van der Waals surface area contributed by atoms with Gasteiger partial charge in [0, 0.05) is 12.5 Å². The van der Waals surface area contributed by atoms with Gasteiger partial charge in [0.1, 0.15) is 10.6 Å². The molecule has 2 rings (SSSR count). The number of rotatable bonds is 6. The van der Waals surface area contributed by atoms with Crippen molar-refractivity contribution in [1.82, 2.24) is 0 Å². The van der Waals surface area contributed by atoms with Crippen LogP contribution < -0.4 is 11.1 Å². The van der Waals surface area contributed by atoms with E-state index in [2.05, 4.69) is 5.32 Å². The number of thiophene rings is 1. The summed E-state index contributed by atoms with van der Waals surface area (Å²) >= 11 is 1.25. The van der Waals surface area contributed by atoms with Crippen LogP contribution in [0.25, 0.3) is 0 Å². The lowest BCUT2D eigenvalue weighted by atomic mass is 10.1. The molecule has 0 bridgehead atoms. The zero-order chi connectivity index (χ0) is 14.9. The number of ketones is 1. The summed E-state index contributed by atoms with van der Waals surface area (Å²) in [7, 11) is 1.31. The van der Waals surface area contributed by atoms with Crippen molar-refractivity contribution >= 4 is 33.8 Å². The molecule has 1 aromatic heterocycles. The molecule has 0 saturated heterocycles. The van der Waals surface area contributed by atoms with Crippen molar-refractivity contribution in [3.8, 4) is 0 Å². The van der Waals surface area contributed by atoms with E-state index in [9.17, 15) is 9.59 Å². The fraction of sp³-hybridized carbons (Fsp3) is 0.571. The summed E-state index contributed by atoms with van der Waals surface area (Å²) in [5, 5.41) is 3.87. The molecule has 5 nitrogen and oxygen atoms in total. The molecule has 110 valence electrons. The van der Waals surface area contributed by atoms with E-state index in [1.807, 2.05) is 13.8 Å². The first kappa shape index (κ1) is 14.8. The second-order valence-corrected chi connectivity index (χ2v) is 6.40. The highest BCUT2D eigenvalue weighted by molar-refractivity contribution is 7.19. The van der Waals surface area contributed by atoms with Crippen molar-refractivity contribution in [3.05, 3.63) is 10.4 Å². The van der Waals surface area contributed by atoms with E-state index in [1.165, 1.54) is 31.3 Å². The standard InChI is InChI=1S/C14H20N2O3S/c1-7(2)11(17)12-10(15)9(14(18)19-3)13(20-12)16-6-8-4-5-8/h7-8,16H,4-6,15H2,1-3H3. The quantitative estimate of drug-likeness (QED) is 0.623. The summed E-state index contributed by atoms with van der Waals surface area (Å²) in [6.07, 6.45) is 2.42. The molecule has 0 atom stereocenters. The number of nitrogen functional groups attached to an aromatic ring is 1. The zero-order valence-electron chi connectivity index (χ0n) is 12.0. The van der Waals surface area contributed by atoms with Gasteiger partial charge < -0.3 is 15.8 Å². The number of nitrogens with two attached hydrogens (primary N) is 1. The van der Waals surface area contributed by atoms with Crippen LogP contribution in [0.15, 0.2) is 0 Å². The average Bonchev–Trinajstić information content (AvgIpc) is 3.18. The summed E-state index contributed by atoms with van der Waals surface area (Å²) in [6.45, 7) is 4.44. The number of esters is 1. The Balaban J connectivity index is 2.33. The SMILES string of the molecule is COC(=O)c1c(NCC2CC2)sc(C(=O)C(C)C)c1N. The zero-order valence-corrected chi connectivity index (χ0v) is 12.8. The first-order chi connectivity index (χ1) is 9.45. The maximum atomic E-state index is 12.1. The number of Topliss-reactive ketones (excluding diaryl/α,β-unsaturated/α-hetero) is 1. The van der Waals surface area contributed by atoms with Crippen molar-refractivity contribution in [2.24, 2.45) is 11.8 Å². The third-order valence-electron chi connectivity index (χ3n) is 3.33. The van der Waals surface area contributed by atoms with Gasteiger partial charge in [0.2, 0.25) is 0 Å². The van der Waals surface area contributed by atoms with Gasteiger partial charge in [-0.15, -0.1) is 11.3 Å². The molecule has 0 aliphatic heterocycles. The van der Waals surface area contributed by atoms with Crippen molar-refractivity contribution in [1.29, 1.82) is 0 Å². The number of hydrogen-bond acceptors (Lipinski definition) is 6. The monoisotopic (exact) mass is 296 g/mol. The maximum Gasteiger partial charge on any atom is 0.343 e. The van der Waals surface area contributed by atoms with Crippen LogP contribution in [0, 0.1) is 11.8 Å². The average molecular weight is 296 g/mol. The van der Waals surface area contributed by atoms with Gasteiger partial charge in [-0.3, -0.25) is 4.79 Å². The Morgan fingerprint density at radius 3 is 2.60 bits per heavy atom. The minimum absolute atomic E-state index is 0.0443. The normalized spacial score (nSPS) is 14.4. The number of carbonyl (C=O) groups excluding carboxylic acids is 2. The molecule has 1 aliphatic rings. The summed E-state index contributed by atoms with van der Waals surface area (Å²) < 4.78 is 4.77. The van der Waals surface area contributed by atoms with Gasteiger partial charge in [0.05, 0.1) is 17.7 Å². The highest BCUT2D eigenvalue weighted by Gasteiger charge is 2.28. The molecule has 1 fully saturated rings. The van der Waals surface area contributed by atoms with Gasteiger partial charge in [-0.05, 0) is 18.8 Å². The van der Waals surface area contributed by atoms with E-state index < -0.39 is 5.97 Å². The predicted molar refractivity (Wildman–Crippen MR) is 80.5 cm³/mol. The molecular formula is C14H20N2O3S. The first-order valence-electron chi connectivity index (χ1n) is 6.74. The minimum atomic E-state index is -0.500. The third-order valence-corrected chi connectivity index (χ3v) is 4.51. The van der Waals surface area contributed by atoms with E-state index in [0.29, 0.717) is 21.4 Å². The summed E-state index contributed by atoms with van der Waals surface area (Å²) in [4.78, 5) is 24.5. The van der Waals surface area contributed by atoms with Crippen LogP contribution in [0.1, 0.15) is 46.7 Å². The van der Waals surface area contributed by atoms with Crippen LogP contribution >= 0.6 is 11.3 Å². The minimum Gasteiger partial charge on any atom is -0.465 e. The van der Waals surface area contributed by atoms with Gasteiger partial charge >= 0.3 is 5.97 Å². The number of methoxy groups -OCH3 is 1. The van der Waals surface area contributed by atoms with E-state index in [1.54, 1.807) is 0 Å². The largest absolute Gasteiger partial charge is 0.465 e. The van der Waals surface area contributed by atoms with Gasteiger partial charge in [-0.1, -0.05) is 13.8 Å². The lowest BCUT2D eigenvalue weighted by Gasteiger charge is -2.05. The maximum absolute atomic E-state index is 12.1. The number of nitrogens with one attached hydrogen (secondary N) is 1. The van der Waals surface area contributed by atoms with Crippen LogP contribution in [-0.2, 0) is 4.74 Å². The molecule has 0 amide bonds. The number of ether oxygens (including phenoxy) is 1. The third kappa shape index (κ3) is 2.95. The Kier molecular flexibility index (Phi) is 4.32. The van der Waals surface area contributed by atoms with Crippen molar-refractivity contribution in [2.45, 2.75) is 26.7 Å². The summed E-state index contributed by atoms with van der Waals surface area (Å²) in [5.41, 5.74) is 6.52. The highest BCUT2D eigenvalue weighted by Crippen LogP contribution is 2.39. The van der Waals surface area contributed by atoms with E-state index in [0.717, 1.165) is 6.54 Å². The van der Waals surface area contributed by atoms with Crippen molar-refractivity contribution in [3.63, 3.8) is 0 Å². The fourth-order valence-corrected chi connectivity index (χ4v) is 3.08. The van der Waals surface area contributed by atoms with Gasteiger partial charge in [-0.25, -0.2) is 4.79 Å². The Bertz CT molecular complexity index is 533. The summed E-state index contributed by atoms with van der Waals surface area (Å²) in [5.74, 6) is -0.0391.